The van der Waals surface area contributed by atoms with Crippen LogP contribution in [0.15, 0.2) is 23.8 Å². The van der Waals surface area contributed by atoms with Crippen molar-refractivity contribution in [3.05, 3.63) is 29.3 Å². The lowest BCUT2D eigenvalue weighted by Crippen LogP contribution is -2.35. The summed E-state index contributed by atoms with van der Waals surface area (Å²) in [6, 6.07) is 0. The van der Waals surface area contributed by atoms with Gasteiger partial charge in [-0.05, 0) is 4.57 Å². The fraction of sp³-hybridized carbons (Fsp3) is 0.524. The van der Waals surface area contributed by atoms with Crippen LogP contribution in [0.5, 0.6) is 0 Å². The van der Waals surface area contributed by atoms with Gasteiger partial charge in [0.1, 0.15) is 36.3 Å². The molecule has 0 aliphatic carbocycles. The molecule has 0 radical (unpaired) electrons. The van der Waals surface area contributed by atoms with E-state index in [-0.39, 0.29) is 34.1 Å². The van der Waals surface area contributed by atoms with Crippen molar-refractivity contribution in [3.63, 3.8) is 0 Å². The average molecular weight is 693 g/mol. The Morgan fingerprint density at radius 3 is 2.37 bits per heavy atom. The van der Waals surface area contributed by atoms with Crippen molar-refractivity contribution in [2.45, 2.75) is 49.2 Å². The number of aliphatic hydroxyl groups excluding tert-OH is 1. The molecule has 4 aromatic rings. The van der Waals surface area contributed by atoms with Crippen LogP contribution >= 0.6 is 15.9 Å². The maximum Gasteiger partial charge on any atom is 0.534 e. The van der Waals surface area contributed by atoms with Crippen LogP contribution < -0.4 is 17.0 Å². The fourth-order valence-electron chi connectivity index (χ4n) is 5.13. The zero-order valence-electron chi connectivity index (χ0n) is 23.0. The lowest BCUT2D eigenvalue weighted by Gasteiger charge is -2.23. The number of fused-ring (bicyclic) bond motifs is 2. The molecule has 4 aromatic heterocycles. The highest BCUT2D eigenvalue weighted by molar-refractivity contribution is 7.47. The Labute approximate surface area is 254 Å². The number of hydrogen-bond acceptors (Lipinski definition) is 16. The van der Waals surface area contributed by atoms with Gasteiger partial charge < -0.3 is 35.7 Å². The maximum absolute atomic E-state index is 15.7. The number of aromatic amines is 1. The molecular formula is C21H25F2N10O11P2+. The number of H-pyrrole nitrogens is 1. The Balaban J connectivity index is 1.19. The zero-order chi connectivity index (χ0) is 32.9. The third-order valence-electron chi connectivity index (χ3n) is 7.13. The number of rotatable bonds is 11. The number of nitrogens with two attached hydrogens (primary N) is 2. The van der Waals surface area contributed by atoms with Gasteiger partial charge in [0.15, 0.2) is 47.4 Å². The number of ether oxygens (including phenoxy) is 3. The Morgan fingerprint density at radius 1 is 1.02 bits per heavy atom. The predicted molar refractivity (Wildman–Crippen MR) is 147 cm³/mol. The summed E-state index contributed by atoms with van der Waals surface area (Å²) in [5.74, 6) is -0.299. The molecule has 2 aliphatic rings. The number of nitrogens with zero attached hydrogens (tertiary/aromatic N) is 7. The van der Waals surface area contributed by atoms with Gasteiger partial charge in [0.25, 0.3) is 11.9 Å². The second-order valence-corrected chi connectivity index (χ2v) is 12.4. The van der Waals surface area contributed by atoms with Gasteiger partial charge in [-0.25, -0.2) is 33.3 Å². The van der Waals surface area contributed by atoms with E-state index in [0.717, 1.165) is 28.1 Å². The molecule has 2 saturated heterocycles. The molecule has 10 atom stereocenters. The van der Waals surface area contributed by atoms with Crippen LogP contribution in [0.2, 0.25) is 0 Å². The van der Waals surface area contributed by atoms with E-state index in [2.05, 4.69) is 29.9 Å². The highest BCUT2D eigenvalue weighted by atomic mass is 31.2. The number of nitrogen functional groups attached to an aromatic ring is 2. The first-order chi connectivity index (χ1) is 21.9. The monoisotopic (exact) mass is 693 g/mol. The molecule has 0 spiro atoms. The van der Waals surface area contributed by atoms with E-state index < -0.39 is 90.2 Å². The first-order valence-corrected chi connectivity index (χ1v) is 16.0. The molecule has 46 heavy (non-hydrogen) atoms. The first kappa shape index (κ1) is 32.3. The summed E-state index contributed by atoms with van der Waals surface area (Å²) in [5, 5.41) is 9.80. The molecule has 248 valence electrons. The number of hydrogen-bond donors (Lipinski definition) is 6. The first-order valence-electron chi connectivity index (χ1n) is 13.1. The quantitative estimate of drug-likeness (QED) is 0.104. The molecule has 4 unspecified atom stereocenters. The summed E-state index contributed by atoms with van der Waals surface area (Å²) in [5.41, 5.74) is 10.5. The number of nitrogens with one attached hydrogen (secondary N) is 1. The fourth-order valence-corrected chi connectivity index (χ4v) is 6.38. The molecular weight excluding hydrogens is 668 g/mol. The number of phosphoric ester groups is 1. The van der Waals surface area contributed by atoms with Crippen molar-refractivity contribution in [1.29, 1.82) is 0 Å². The highest BCUT2D eigenvalue weighted by Crippen LogP contribution is 2.50. The number of aliphatic hydroxyl groups is 1. The van der Waals surface area contributed by atoms with E-state index in [1.165, 1.54) is 0 Å². The summed E-state index contributed by atoms with van der Waals surface area (Å²) in [6.45, 7) is -1.75. The SMILES string of the molecule is Nc1nc2c(ncn2[C@@H]2O[C@H](COP(=O)(O)OC3[C@@H](CO)O[C@@H](n4cnc5c(N)ncnc54)[C@H]3F)[C@H](OC[P+](=O)O)C2F)c(=O)[nH]1. The second-order valence-electron chi connectivity index (χ2n) is 10.0. The number of phosphoric acid groups is 1. The molecule has 25 heteroatoms. The van der Waals surface area contributed by atoms with Crippen LogP contribution in [0.25, 0.3) is 22.3 Å². The van der Waals surface area contributed by atoms with Gasteiger partial charge in [0.05, 0.1) is 25.9 Å². The number of anilines is 2. The molecule has 6 rings (SSSR count). The smallest absolute Gasteiger partial charge is 0.394 e. The van der Waals surface area contributed by atoms with Gasteiger partial charge in [-0.1, -0.05) is 0 Å². The van der Waals surface area contributed by atoms with Gasteiger partial charge in [-0.2, -0.15) is 9.88 Å². The standard InChI is InChI=1S/C21H24F2N10O11P2/c22-9-13(40-6-45(36)37)8(43-19(9)33-5-29-12-17(33)30-21(25)31-18(12)35)2-41-46(38,39)44-14-7(1-34)42-20(10(14)23)32-4-28-11-15(24)26-3-27-16(11)32/h3-5,7-10,13-14,19-20,34H,1-2,6H2,(H6-,24,25,26,27,30,31,35,36,37,38,39)/p+1/t7-,8-,9?,10+,13+,14?,19-,20-/m1/s1. The van der Waals surface area contributed by atoms with Gasteiger partial charge in [0, 0.05) is 0 Å². The van der Waals surface area contributed by atoms with E-state index in [4.69, 9.17) is 34.7 Å². The minimum atomic E-state index is -5.22. The molecule has 21 nitrogen and oxygen atoms in total. The van der Waals surface area contributed by atoms with Crippen molar-refractivity contribution < 1.29 is 56.1 Å². The topological polar surface area (TPSA) is 300 Å². The minimum absolute atomic E-state index is 0.00669. The molecule has 0 bridgehead atoms. The number of alkyl halides is 2. The Bertz CT molecular complexity index is 1880. The van der Waals surface area contributed by atoms with E-state index >= 15 is 8.78 Å². The van der Waals surface area contributed by atoms with Crippen LogP contribution in [0.4, 0.5) is 20.5 Å². The van der Waals surface area contributed by atoms with Gasteiger partial charge in [0.2, 0.25) is 5.95 Å². The van der Waals surface area contributed by atoms with Crippen molar-refractivity contribution >= 4 is 49.9 Å². The summed E-state index contributed by atoms with van der Waals surface area (Å²) < 4.78 is 84.3. The van der Waals surface area contributed by atoms with E-state index in [0.29, 0.717) is 0 Å². The summed E-state index contributed by atoms with van der Waals surface area (Å²) in [6.07, 6.45) is -11.5. The van der Waals surface area contributed by atoms with Crippen molar-refractivity contribution in [2.24, 2.45) is 0 Å². The van der Waals surface area contributed by atoms with Crippen LogP contribution in [0, 0.1) is 0 Å². The Hall–Kier alpha value is -3.63. The maximum atomic E-state index is 15.7. The summed E-state index contributed by atoms with van der Waals surface area (Å²) >= 11 is 0. The summed E-state index contributed by atoms with van der Waals surface area (Å²) in [4.78, 5) is 53.8. The van der Waals surface area contributed by atoms with Gasteiger partial charge in [-0.15, -0.1) is 0 Å². The van der Waals surface area contributed by atoms with Crippen LogP contribution in [-0.4, -0.2) is 110 Å². The number of halogens is 2. The lowest BCUT2D eigenvalue weighted by atomic mass is 10.1. The highest BCUT2D eigenvalue weighted by Gasteiger charge is 2.52. The largest absolute Gasteiger partial charge is 0.534 e. The Kier molecular flexibility index (Phi) is 8.80. The van der Waals surface area contributed by atoms with Crippen LogP contribution in [0.3, 0.4) is 0 Å². The van der Waals surface area contributed by atoms with Crippen LogP contribution in [-0.2, 0) is 32.4 Å². The molecule has 0 saturated carbocycles. The van der Waals surface area contributed by atoms with Crippen molar-refractivity contribution in [1.82, 2.24) is 39.0 Å². The normalized spacial score (nSPS) is 29.9. The molecule has 8 N–H and O–H groups in total. The minimum Gasteiger partial charge on any atom is -0.394 e. The molecule has 2 aliphatic heterocycles. The van der Waals surface area contributed by atoms with Crippen molar-refractivity contribution in [3.8, 4) is 0 Å². The predicted octanol–water partition coefficient (Wildman–Crippen LogP) is -0.833. The number of imidazole rings is 2. The van der Waals surface area contributed by atoms with Gasteiger partial charge >= 0.3 is 15.9 Å². The van der Waals surface area contributed by atoms with Crippen LogP contribution in [0.1, 0.15) is 12.5 Å². The van der Waals surface area contributed by atoms with E-state index in [1.807, 2.05) is 0 Å². The third-order valence-corrected chi connectivity index (χ3v) is 8.49. The van der Waals surface area contributed by atoms with Crippen molar-refractivity contribution in [2.75, 3.05) is 31.0 Å². The van der Waals surface area contributed by atoms with Gasteiger partial charge in [-0.3, -0.25) is 28.0 Å². The third kappa shape index (κ3) is 5.97. The molecule has 6 heterocycles. The Morgan fingerprint density at radius 2 is 1.67 bits per heavy atom. The number of aromatic nitrogens is 8. The molecule has 2 fully saturated rings. The summed E-state index contributed by atoms with van der Waals surface area (Å²) in [7, 11) is -8.11. The molecule has 0 aromatic carbocycles. The second kappa shape index (κ2) is 12.5. The lowest BCUT2D eigenvalue weighted by molar-refractivity contribution is -0.0618. The molecule has 0 amide bonds. The zero-order valence-corrected chi connectivity index (χ0v) is 24.8. The van der Waals surface area contributed by atoms with E-state index in [9.17, 15) is 28.8 Å². The van der Waals surface area contributed by atoms with E-state index in [1.54, 1.807) is 0 Å². The average Bonchev–Trinajstić information content (AvgIpc) is 3.76.